The van der Waals surface area contributed by atoms with Gasteiger partial charge in [0.15, 0.2) is 11.5 Å². The molecule has 1 aliphatic heterocycles. The normalized spacial score (nSPS) is 12.8. The number of carbonyl (C=O) groups is 1. The minimum absolute atomic E-state index is 0.0794. The zero-order chi connectivity index (χ0) is 18.2. The molecule has 25 heavy (non-hydrogen) atoms. The Morgan fingerprint density at radius 2 is 1.88 bits per heavy atom. The van der Waals surface area contributed by atoms with Crippen LogP contribution in [0.25, 0.3) is 0 Å². The van der Waals surface area contributed by atoms with E-state index in [1.165, 1.54) is 32.4 Å². The van der Waals surface area contributed by atoms with E-state index in [-0.39, 0.29) is 22.3 Å². The highest BCUT2D eigenvalue weighted by Crippen LogP contribution is 2.37. The van der Waals surface area contributed by atoms with Crippen molar-refractivity contribution in [1.29, 1.82) is 0 Å². The van der Waals surface area contributed by atoms with Gasteiger partial charge in [-0.05, 0) is 30.3 Å². The molecule has 2 aromatic rings. The molecule has 0 aliphatic carbocycles. The van der Waals surface area contributed by atoms with E-state index in [2.05, 4.69) is 4.74 Å². The van der Waals surface area contributed by atoms with Crippen LogP contribution in [0.1, 0.15) is 10.4 Å². The predicted molar refractivity (Wildman–Crippen MR) is 90.9 cm³/mol. The molecule has 0 radical (unpaired) electrons. The van der Waals surface area contributed by atoms with Crippen molar-refractivity contribution in [3.63, 3.8) is 0 Å². The number of hydrogen-bond acceptors (Lipinski definition) is 6. The van der Waals surface area contributed by atoms with Crippen LogP contribution in [0.2, 0.25) is 5.02 Å². The number of esters is 1. The Hall–Kier alpha value is -2.45. The predicted octanol–water partition coefficient (Wildman–Crippen LogP) is 2.68. The lowest BCUT2D eigenvalue weighted by Crippen LogP contribution is -2.28. The lowest BCUT2D eigenvalue weighted by Gasteiger charge is -2.21. The quantitative estimate of drug-likeness (QED) is 0.755. The second-order valence-corrected chi connectivity index (χ2v) is 7.52. The molecule has 0 amide bonds. The third-order valence-corrected chi connectivity index (χ3v) is 5.77. The molecule has 0 unspecified atom stereocenters. The molecule has 1 aliphatic rings. The molecule has 3 rings (SSSR count). The number of ether oxygens (including phenoxy) is 3. The number of halogens is 1. The van der Waals surface area contributed by atoms with Gasteiger partial charge >= 0.3 is 5.97 Å². The number of benzene rings is 2. The van der Waals surface area contributed by atoms with Gasteiger partial charge in [0.05, 0.1) is 18.4 Å². The van der Waals surface area contributed by atoms with E-state index >= 15 is 0 Å². The van der Waals surface area contributed by atoms with Gasteiger partial charge in [-0.15, -0.1) is 0 Å². The summed E-state index contributed by atoms with van der Waals surface area (Å²) in [6.07, 6.45) is 0. The van der Waals surface area contributed by atoms with Crippen molar-refractivity contribution in [1.82, 2.24) is 0 Å². The van der Waals surface area contributed by atoms with Crippen molar-refractivity contribution in [2.45, 2.75) is 4.90 Å². The molecule has 2 aromatic carbocycles. The van der Waals surface area contributed by atoms with Crippen LogP contribution in [0, 0.1) is 0 Å². The first-order chi connectivity index (χ1) is 11.8. The van der Waals surface area contributed by atoms with Gasteiger partial charge in [-0.2, -0.15) is 0 Å². The molecule has 1 heterocycles. The SMILES string of the molecule is COC(=O)c1ccc(Cl)cc1S(=O)(=O)N(C)c1ccc2c(c1)OCO2. The van der Waals surface area contributed by atoms with Crippen molar-refractivity contribution < 1.29 is 27.4 Å². The van der Waals surface area contributed by atoms with Gasteiger partial charge < -0.3 is 14.2 Å². The van der Waals surface area contributed by atoms with Crippen molar-refractivity contribution in [2.75, 3.05) is 25.3 Å². The van der Waals surface area contributed by atoms with Crippen molar-refractivity contribution in [3.05, 3.63) is 47.0 Å². The van der Waals surface area contributed by atoms with E-state index in [9.17, 15) is 13.2 Å². The Morgan fingerprint density at radius 3 is 2.60 bits per heavy atom. The third kappa shape index (κ3) is 3.10. The smallest absolute Gasteiger partial charge is 0.339 e. The average molecular weight is 384 g/mol. The van der Waals surface area contributed by atoms with Gasteiger partial charge in [0.1, 0.15) is 4.90 Å². The molecule has 0 atom stereocenters. The van der Waals surface area contributed by atoms with Crippen molar-refractivity contribution >= 4 is 33.3 Å². The minimum atomic E-state index is -4.07. The zero-order valence-electron chi connectivity index (χ0n) is 13.4. The first-order valence-electron chi connectivity index (χ1n) is 7.11. The molecule has 0 aromatic heterocycles. The standard InChI is InChI=1S/C16H14ClNO6S/c1-18(11-4-6-13-14(8-11)24-9-23-13)25(20,21)15-7-10(17)3-5-12(15)16(19)22-2/h3-8H,9H2,1-2H3. The monoisotopic (exact) mass is 383 g/mol. The van der Waals surface area contributed by atoms with Crippen LogP contribution in [0.5, 0.6) is 11.5 Å². The molecule has 0 saturated carbocycles. The minimum Gasteiger partial charge on any atom is -0.465 e. The maximum Gasteiger partial charge on any atom is 0.339 e. The van der Waals surface area contributed by atoms with Gasteiger partial charge in [0.2, 0.25) is 6.79 Å². The number of carbonyl (C=O) groups excluding carboxylic acids is 1. The third-order valence-electron chi connectivity index (χ3n) is 3.71. The molecule has 0 saturated heterocycles. The second kappa shape index (κ2) is 6.45. The number of rotatable bonds is 4. The summed E-state index contributed by atoms with van der Waals surface area (Å²) in [4.78, 5) is 11.7. The molecule has 0 N–H and O–H groups in total. The fourth-order valence-corrected chi connectivity index (χ4v) is 3.98. The maximum absolute atomic E-state index is 13.0. The highest BCUT2D eigenvalue weighted by Gasteiger charge is 2.29. The van der Waals surface area contributed by atoms with Crippen LogP contribution in [-0.2, 0) is 14.8 Å². The molecule has 0 fully saturated rings. The molecular formula is C16H14ClNO6S. The van der Waals surface area contributed by atoms with Crippen molar-refractivity contribution in [3.8, 4) is 11.5 Å². The van der Waals surface area contributed by atoms with Gasteiger partial charge in [-0.3, -0.25) is 4.31 Å². The maximum atomic E-state index is 13.0. The summed E-state index contributed by atoms with van der Waals surface area (Å²) >= 11 is 5.93. The number of hydrogen-bond donors (Lipinski definition) is 0. The van der Waals surface area contributed by atoms with Crippen LogP contribution in [0.3, 0.4) is 0 Å². The van der Waals surface area contributed by atoms with E-state index in [0.29, 0.717) is 17.2 Å². The lowest BCUT2D eigenvalue weighted by molar-refractivity contribution is 0.0596. The Balaban J connectivity index is 2.07. The van der Waals surface area contributed by atoms with Crippen molar-refractivity contribution in [2.24, 2.45) is 0 Å². The van der Waals surface area contributed by atoms with Gasteiger partial charge in [0.25, 0.3) is 10.0 Å². The number of nitrogens with zero attached hydrogens (tertiary/aromatic N) is 1. The number of methoxy groups -OCH3 is 1. The summed E-state index contributed by atoms with van der Waals surface area (Å²) in [5.74, 6) is 0.209. The lowest BCUT2D eigenvalue weighted by atomic mass is 10.2. The number of fused-ring (bicyclic) bond motifs is 1. The largest absolute Gasteiger partial charge is 0.465 e. The van der Waals surface area contributed by atoms with Gasteiger partial charge in [0, 0.05) is 18.1 Å². The van der Waals surface area contributed by atoms with Crippen LogP contribution < -0.4 is 13.8 Å². The van der Waals surface area contributed by atoms with Crippen LogP contribution in [0.15, 0.2) is 41.3 Å². The van der Waals surface area contributed by atoms with Crippen LogP contribution >= 0.6 is 11.6 Å². The summed E-state index contributed by atoms with van der Waals surface area (Å²) in [7, 11) is -1.52. The molecule has 9 heteroatoms. The van der Waals surface area contributed by atoms with E-state index in [1.54, 1.807) is 18.2 Å². The van der Waals surface area contributed by atoms with E-state index in [1.807, 2.05) is 0 Å². The summed E-state index contributed by atoms with van der Waals surface area (Å²) in [6, 6.07) is 8.69. The summed E-state index contributed by atoms with van der Waals surface area (Å²) < 4.78 is 42.2. The van der Waals surface area contributed by atoms with Gasteiger partial charge in [-0.25, -0.2) is 13.2 Å². The molecule has 132 valence electrons. The Morgan fingerprint density at radius 1 is 1.16 bits per heavy atom. The van der Waals surface area contributed by atoms with E-state index in [0.717, 1.165) is 4.31 Å². The number of anilines is 1. The highest BCUT2D eigenvalue weighted by molar-refractivity contribution is 7.92. The number of sulfonamides is 1. The Kier molecular flexibility index (Phi) is 4.49. The van der Waals surface area contributed by atoms with Crippen LogP contribution in [0.4, 0.5) is 5.69 Å². The van der Waals surface area contributed by atoms with E-state index < -0.39 is 16.0 Å². The second-order valence-electron chi connectivity index (χ2n) is 5.14. The zero-order valence-corrected chi connectivity index (χ0v) is 14.9. The first-order valence-corrected chi connectivity index (χ1v) is 8.93. The fourth-order valence-electron chi connectivity index (χ4n) is 2.36. The first kappa shape index (κ1) is 17.4. The van der Waals surface area contributed by atoms with Gasteiger partial charge in [-0.1, -0.05) is 11.6 Å². The summed E-state index contributed by atoms with van der Waals surface area (Å²) in [6.45, 7) is 0.0794. The Bertz CT molecular complexity index is 944. The Labute approximate surface area is 149 Å². The highest BCUT2D eigenvalue weighted by atomic mass is 35.5. The molecule has 0 bridgehead atoms. The van der Waals surface area contributed by atoms with Crippen LogP contribution in [-0.4, -0.2) is 35.3 Å². The fraction of sp³-hybridized carbons (Fsp3) is 0.188. The summed E-state index contributed by atoms with van der Waals surface area (Å²) in [5, 5.41) is 0.185. The van der Waals surface area contributed by atoms with E-state index in [4.69, 9.17) is 21.1 Å². The molecule has 0 spiro atoms. The molecule has 7 nitrogen and oxygen atoms in total. The molecular weight excluding hydrogens is 370 g/mol. The summed E-state index contributed by atoms with van der Waals surface area (Å²) in [5.41, 5.74) is 0.250. The average Bonchev–Trinajstić information content (AvgIpc) is 3.07. The topological polar surface area (TPSA) is 82.1 Å².